The summed E-state index contributed by atoms with van der Waals surface area (Å²) >= 11 is 0. The fourth-order valence-electron chi connectivity index (χ4n) is 4.29. The standard InChI is InChI=1S/C22H27FN4O2/c1-14(2)26-12-10-17-18(13-26)24-20(25-21(17)28)19-5-3-4-11-27(19)22(29)15-6-8-16(23)9-7-15/h6-9,14,19H,3-5,10-13H2,1-2H3,(H,24,25,28). The van der Waals surface area contributed by atoms with Crippen molar-refractivity contribution in [3.63, 3.8) is 0 Å². The molecule has 154 valence electrons. The molecule has 29 heavy (non-hydrogen) atoms. The Morgan fingerprint density at radius 1 is 1.21 bits per heavy atom. The monoisotopic (exact) mass is 398 g/mol. The van der Waals surface area contributed by atoms with Crippen LogP contribution in [-0.4, -0.2) is 44.8 Å². The highest BCUT2D eigenvalue weighted by Crippen LogP contribution is 2.31. The minimum atomic E-state index is -0.368. The summed E-state index contributed by atoms with van der Waals surface area (Å²) in [6.45, 7) is 6.39. The van der Waals surface area contributed by atoms with Crippen LogP contribution in [0.2, 0.25) is 0 Å². The quantitative estimate of drug-likeness (QED) is 0.863. The highest BCUT2D eigenvalue weighted by atomic mass is 19.1. The number of aromatic nitrogens is 2. The average molecular weight is 398 g/mol. The van der Waals surface area contributed by atoms with Crippen molar-refractivity contribution in [2.45, 2.75) is 58.2 Å². The molecular weight excluding hydrogens is 371 g/mol. The maximum Gasteiger partial charge on any atom is 0.254 e. The van der Waals surface area contributed by atoms with E-state index in [4.69, 9.17) is 4.98 Å². The number of amides is 1. The number of H-pyrrole nitrogens is 1. The summed E-state index contributed by atoms with van der Waals surface area (Å²) in [5.41, 5.74) is 1.94. The third-order valence-corrected chi connectivity index (χ3v) is 6.02. The molecule has 1 unspecified atom stereocenters. The normalized spacial score (nSPS) is 20.0. The van der Waals surface area contributed by atoms with Crippen LogP contribution in [0.1, 0.15) is 66.6 Å². The summed E-state index contributed by atoms with van der Waals surface area (Å²) in [7, 11) is 0. The van der Waals surface area contributed by atoms with Gasteiger partial charge in [-0.15, -0.1) is 0 Å². The third kappa shape index (κ3) is 3.96. The number of hydrogen-bond acceptors (Lipinski definition) is 4. The topological polar surface area (TPSA) is 69.3 Å². The highest BCUT2D eigenvalue weighted by molar-refractivity contribution is 5.94. The predicted octanol–water partition coefficient (Wildman–Crippen LogP) is 3.04. The maximum absolute atomic E-state index is 13.2. The lowest BCUT2D eigenvalue weighted by molar-refractivity contribution is 0.0598. The number of carbonyl (C=O) groups is 1. The molecule has 0 saturated carbocycles. The molecule has 0 aliphatic carbocycles. The average Bonchev–Trinajstić information content (AvgIpc) is 2.73. The van der Waals surface area contributed by atoms with Crippen LogP contribution in [0.3, 0.4) is 0 Å². The lowest BCUT2D eigenvalue weighted by atomic mass is 9.99. The van der Waals surface area contributed by atoms with E-state index in [-0.39, 0.29) is 23.3 Å². The van der Waals surface area contributed by atoms with Crippen molar-refractivity contribution in [1.29, 1.82) is 0 Å². The molecule has 1 fully saturated rings. The van der Waals surface area contributed by atoms with Gasteiger partial charge in [-0.25, -0.2) is 9.37 Å². The second-order valence-electron chi connectivity index (χ2n) is 8.21. The predicted molar refractivity (Wildman–Crippen MR) is 108 cm³/mol. The number of carbonyl (C=O) groups excluding carboxylic acids is 1. The zero-order chi connectivity index (χ0) is 20.5. The van der Waals surface area contributed by atoms with E-state index in [0.717, 1.165) is 37.1 Å². The first-order chi connectivity index (χ1) is 13.9. The van der Waals surface area contributed by atoms with Crippen molar-refractivity contribution in [3.8, 4) is 0 Å². The first-order valence-electron chi connectivity index (χ1n) is 10.4. The molecule has 1 N–H and O–H groups in total. The molecule has 3 heterocycles. The van der Waals surface area contributed by atoms with Crippen LogP contribution in [0.15, 0.2) is 29.1 Å². The van der Waals surface area contributed by atoms with Crippen LogP contribution in [0.4, 0.5) is 4.39 Å². The van der Waals surface area contributed by atoms with Gasteiger partial charge in [0.25, 0.3) is 11.5 Å². The smallest absolute Gasteiger partial charge is 0.254 e. The number of nitrogens with one attached hydrogen (secondary N) is 1. The van der Waals surface area contributed by atoms with Crippen LogP contribution in [0.5, 0.6) is 0 Å². The Kier molecular flexibility index (Phi) is 5.50. The number of nitrogens with zero attached hydrogens (tertiary/aromatic N) is 3. The summed E-state index contributed by atoms with van der Waals surface area (Å²) in [5.74, 6) is 0.0422. The summed E-state index contributed by atoms with van der Waals surface area (Å²) in [5, 5.41) is 0. The number of likely N-dealkylation sites (tertiary alicyclic amines) is 1. The van der Waals surface area contributed by atoms with Gasteiger partial charge >= 0.3 is 0 Å². The molecule has 1 saturated heterocycles. The van der Waals surface area contributed by atoms with E-state index in [9.17, 15) is 14.0 Å². The summed E-state index contributed by atoms with van der Waals surface area (Å²) in [6, 6.07) is 5.73. The highest BCUT2D eigenvalue weighted by Gasteiger charge is 2.32. The van der Waals surface area contributed by atoms with Gasteiger partial charge in [0.1, 0.15) is 11.6 Å². The van der Waals surface area contributed by atoms with Gasteiger partial charge in [-0.3, -0.25) is 14.5 Å². The fourth-order valence-corrected chi connectivity index (χ4v) is 4.29. The summed E-state index contributed by atoms with van der Waals surface area (Å²) in [6.07, 6.45) is 3.32. The number of fused-ring (bicyclic) bond motifs is 1. The van der Waals surface area contributed by atoms with Crippen LogP contribution in [0.25, 0.3) is 0 Å². The number of benzene rings is 1. The van der Waals surface area contributed by atoms with Gasteiger partial charge in [-0.1, -0.05) is 0 Å². The van der Waals surface area contributed by atoms with Crippen molar-refractivity contribution < 1.29 is 9.18 Å². The molecule has 2 aliphatic rings. The van der Waals surface area contributed by atoms with Gasteiger partial charge in [0.15, 0.2) is 0 Å². The fraction of sp³-hybridized carbons (Fsp3) is 0.500. The van der Waals surface area contributed by atoms with Crippen LogP contribution in [-0.2, 0) is 13.0 Å². The summed E-state index contributed by atoms with van der Waals surface area (Å²) < 4.78 is 13.2. The van der Waals surface area contributed by atoms with E-state index >= 15 is 0 Å². The number of piperidine rings is 1. The Morgan fingerprint density at radius 2 is 1.97 bits per heavy atom. The van der Waals surface area contributed by atoms with Crippen LogP contribution in [0, 0.1) is 5.82 Å². The van der Waals surface area contributed by atoms with Gasteiger partial charge in [0.05, 0.1) is 11.7 Å². The maximum atomic E-state index is 13.2. The molecule has 7 heteroatoms. The van der Waals surface area contributed by atoms with Gasteiger partial charge in [0, 0.05) is 36.8 Å². The molecule has 0 spiro atoms. The third-order valence-electron chi connectivity index (χ3n) is 6.02. The Bertz CT molecular complexity index is 954. The zero-order valence-corrected chi connectivity index (χ0v) is 16.9. The van der Waals surface area contributed by atoms with Gasteiger partial charge < -0.3 is 9.88 Å². The second-order valence-corrected chi connectivity index (χ2v) is 8.21. The lowest BCUT2D eigenvalue weighted by Crippen LogP contribution is -2.42. The number of aromatic amines is 1. The van der Waals surface area contributed by atoms with E-state index in [1.54, 1.807) is 4.90 Å². The first-order valence-corrected chi connectivity index (χ1v) is 10.4. The Hall–Kier alpha value is -2.54. The van der Waals surface area contributed by atoms with Gasteiger partial charge in [-0.05, 0) is 63.8 Å². The number of rotatable bonds is 3. The van der Waals surface area contributed by atoms with E-state index < -0.39 is 0 Å². The molecule has 2 aromatic rings. The number of hydrogen-bond donors (Lipinski definition) is 1. The molecule has 1 aromatic heterocycles. The summed E-state index contributed by atoms with van der Waals surface area (Å²) in [4.78, 5) is 37.7. The molecule has 0 radical (unpaired) electrons. The molecule has 1 amide bonds. The Balaban J connectivity index is 1.66. The van der Waals surface area contributed by atoms with Crippen molar-refractivity contribution in [2.24, 2.45) is 0 Å². The van der Waals surface area contributed by atoms with E-state index in [1.807, 2.05) is 0 Å². The molecule has 0 bridgehead atoms. The molecule has 1 aromatic carbocycles. The first kappa shape index (κ1) is 19.8. The minimum Gasteiger partial charge on any atom is -0.328 e. The second kappa shape index (κ2) is 8.06. The van der Waals surface area contributed by atoms with Crippen LogP contribution >= 0.6 is 0 Å². The van der Waals surface area contributed by atoms with E-state index in [0.29, 0.717) is 36.9 Å². The van der Waals surface area contributed by atoms with Gasteiger partial charge in [-0.2, -0.15) is 0 Å². The van der Waals surface area contributed by atoms with Crippen molar-refractivity contribution in [3.05, 3.63) is 63.1 Å². The van der Waals surface area contributed by atoms with Crippen molar-refractivity contribution >= 4 is 5.91 Å². The molecule has 6 nitrogen and oxygen atoms in total. The van der Waals surface area contributed by atoms with E-state index in [1.165, 1.54) is 24.3 Å². The Labute approximate surface area is 169 Å². The van der Waals surface area contributed by atoms with Gasteiger partial charge in [0.2, 0.25) is 0 Å². The minimum absolute atomic E-state index is 0.0897. The lowest BCUT2D eigenvalue weighted by Gasteiger charge is -2.36. The Morgan fingerprint density at radius 3 is 2.69 bits per heavy atom. The molecular formula is C22H27FN4O2. The number of halogens is 1. The van der Waals surface area contributed by atoms with E-state index in [2.05, 4.69) is 23.7 Å². The molecule has 1 atom stereocenters. The molecule has 4 rings (SSSR count). The molecule has 2 aliphatic heterocycles. The van der Waals surface area contributed by atoms with Crippen LogP contribution < -0.4 is 5.56 Å². The zero-order valence-electron chi connectivity index (χ0n) is 16.9. The van der Waals surface area contributed by atoms with Crippen molar-refractivity contribution in [2.75, 3.05) is 13.1 Å². The SMILES string of the molecule is CC(C)N1CCc2c(nc(C3CCCCN3C(=O)c3ccc(F)cc3)[nH]c2=O)C1. The van der Waals surface area contributed by atoms with Crippen molar-refractivity contribution in [1.82, 2.24) is 19.8 Å². The largest absolute Gasteiger partial charge is 0.328 e.